The number of halogens is 1. The van der Waals surface area contributed by atoms with Crippen molar-refractivity contribution in [3.63, 3.8) is 0 Å². The van der Waals surface area contributed by atoms with Gasteiger partial charge in [0.05, 0.1) is 4.90 Å². The van der Waals surface area contributed by atoms with Crippen LogP contribution < -0.4 is 10.6 Å². The fourth-order valence-electron chi connectivity index (χ4n) is 2.98. The number of carbonyl (C=O) groups excluding carboxylic acids is 1. The first-order chi connectivity index (χ1) is 14.8. The number of nitrogens with one attached hydrogen (secondary N) is 2. The van der Waals surface area contributed by atoms with Gasteiger partial charge in [-0.25, -0.2) is 8.42 Å². The summed E-state index contributed by atoms with van der Waals surface area (Å²) >= 11 is 11.2. The van der Waals surface area contributed by atoms with Crippen molar-refractivity contribution in [2.45, 2.75) is 4.90 Å². The van der Waals surface area contributed by atoms with E-state index in [0.717, 1.165) is 5.56 Å². The molecular weight excluding hydrogens is 456 g/mol. The van der Waals surface area contributed by atoms with Crippen LogP contribution in [0.15, 0.2) is 59.5 Å². The van der Waals surface area contributed by atoms with E-state index in [-0.39, 0.29) is 10.0 Å². The van der Waals surface area contributed by atoms with Gasteiger partial charge in [-0.05, 0) is 61.2 Å². The lowest BCUT2D eigenvalue weighted by Crippen LogP contribution is -2.46. The summed E-state index contributed by atoms with van der Waals surface area (Å²) in [5.41, 5.74) is 1.29. The van der Waals surface area contributed by atoms with Crippen LogP contribution in [0.1, 0.15) is 5.56 Å². The average Bonchev–Trinajstić information content (AvgIpc) is 2.74. The Kier molecular flexibility index (Phi) is 7.79. The number of hydrogen-bond acceptors (Lipinski definition) is 5. The van der Waals surface area contributed by atoms with Crippen molar-refractivity contribution in [1.29, 1.82) is 0 Å². The molecule has 3 rings (SSSR count). The minimum Gasteiger partial charge on any atom is -0.332 e. The smallest absolute Gasteiger partial charge is 0.250 e. The zero-order chi connectivity index (χ0) is 22.4. The van der Waals surface area contributed by atoms with Crippen LogP contribution in [0, 0.1) is 0 Å². The topological polar surface area (TPSA) is 81.8 Å². The maximum Gasteiger partial charge on any atom is 0.250 e. The van der Waals surface area contributed by atoms with E-state index in [1.807, 2.05) is 13.1 Å². The molecule has 10 heteroatoms. The molecule has 2 aromatic carbocycles. The highest BCUT2D eigenvalue weighted by molar-refractivity contribution is 7.89. The number of carbonyl (C=O) groups is 1. The Hall–Kier alpha value is -2.30. The van der Waals surface area contributed by atoms with E-state index < -0.39 is 15.9 Å². The van der Waals surface area contributed by atoms with Gasteiger partial charge in [-0.2, -0.15) is 4.31 Å². The first kappa shape index (κ1) is 23.4. The lowest BCUT2D eigenvalue weighted by atomic mass is 10.2. The zero-order valence-corrected chi connectivity index (χ0v) is 19.3. The van der Waals surface area contributed by atoms with Gasteiger partial charge >= 0.3 is 0 Å². The van der Waals surface area contributed by atoms with E-state index in [1.54, 1.807) is 36.4 Å². The van der Waals surface area contributed by atoms with Gasteiger partial charge in [0.25, 0.3) is 0 Å². The summed E-state index contributed by atoms with van der Waals surface area (Å²) in [5, 5.41) is 6.05. The SMILES string of the molecule is CN1CCN(S(=O)(=O)c2ccc(NC(=S)NC(=O)C=Cc3ccccc3Cl)cc2)CC1. The first-order valence-electron chi connectivity index (χ1n) is 9.59. The number of nitrogens with zero attached hydrogens (tertiary/aromatic N) is 2. The highest BCUT2D eigenvalue weighted by Crippen LogP contribution is 2.20. The van der Waals surface area contributed by atoms with E-state index in [0.29, 0.717) is 36.9 Å². The minimum atomic E-state index is -3.53. The zero-order valence-electron chi connectivity index (χ0n) is 16.9. The number of thiocarbonyl (C=S) groups is 1. The molecule has 1 aliphatic heterocycles. The molecule has 7 nitrogen and oxygen atoms in total. The Morgan fingerprint density at radius 3 is 2.35 bits per heavy atom. The summed E-state index contributed by atoms with van der Waals surface area (Å²) in [6.07, 6.45) is 2.93. The number of rotatable bonds is 5. The third kappa shape index (κ3) is 6.34. The van der Waals surface area contributed by atoms with E-state index in [4.69, 9.17) is 23.8 Å². The van der Waals surface area contributed by atoms with Crippen molar-refractivity contribution in [1.82, 2.24) is 14.5 Å². The molecule has 2 aromatic rings. The second-order valence-electron chi connectivity index (χ2n) is 7.03. The van der Waals surface area contributed by atoms with Crippen LogP contribution in [-0.2, 0) is 14.8 Å². The van der Waals surface area contributed by atoms with Crippen LogP contribution in [0.3, 0.4) is 0 Å². The van der Waals surface area contributed by atoms with Gasteiger partial charge < -0.3 is 10.2 Å². The van der Waals surface area contributed by atoms with Crippen LogP contribution in [0.4, 0.5) is 5.69 Å². The normalized spacial score (nSPS) is 15.7. The van der Waals surface area contributed by atoms with Crippen molar-refractivity contribution in [3.8, 4) is 0 Å². The Balaban J connectivity index is 1.56. The highest BCUT2D eigenvalue weighted by Gasteiger charge is 2.27. The number of anilines is 1. The van der Waals surface area contributed by atoms with Crippen LogP contribution in [0.5, 0.6) is 0 Å². The molecule has 0 spiro atoms. The van der Waals surface area contributed by atoms with Crippen molar-refractivity contribution in [3.05, 3.63) is 65.2 Å². The molecule has 1 heterocycles. The number of piperazine rings is 1. The summed E-state index contributed by atoms with van der Waals surface area (Å²) < 4.78 is 27.0. The van der Waals surface area contributed by atoms with E-state index in [9.17, 15) is 13.2 Å². The largest absolute Gasteiger partial charge is 0.332 e. The molecule has 0 radical (unpaired) electrons. The van der Waals surface area contributed by atoms with Gasteiger partial charge in [0, 0.05) is 43.0 Å². The molecule has 0 unspecified atom stereocenters. The second-order valence-corrected chi connectivity index (χ2v) is 9.78. The monoisotopic (exact) mass is 478 g/mol. The van der Waals surface area contributed by atoms with E-state index >= 15 is 0 Å². The molecular formula is C21H23ClN4O3S2. The predicted octanol–water partition coefficient (Wildman–Crippen LogP) is 2.80. The van der Waals surface area contributed by atoms with Gasteiger partial charge in [-0.1, -0.05) is 29.8 Å². The molecule has 0 aliphatic carbocycles. The molecule has 1 saturated heterocycles. The quantitative estimate of drug-likeness (QED) is 0.508. The van der Waals surface area contributed by atoms with Gasteiger partial charge in [0.1, 0.15) is 0 Å². The molecule has 2 N–H and O–H groups in total. The highest BCUT2D eigenvalue weighted by atomic mass is 35.5. The number of likely N-dealkylation sites (N-methyl/N-ethyl adjacent to an activating group) is 1. The summed E-state index contributed by atoms with van der Waals surface area (Å²) in [5.74, 6) is -0.410. The second kappa shape index (κ2) is 10.3. The van der Waals surface area contributed by atoms with Gasteiger partial charge in [0.2, 0.25) is 15.9 Å². The standard InChI is InChI=1S/C21H23ClN4O3S2/c1-25-12-14-26(15-13-25)31(28,29)18-9-7-17(8-10-18)23-21(30)24-20(27)11-6-16-4-2-3-5-19(16)22/h2-11H,12-15H2,1H3,(H2,23,24,27,30). The number of benzene rings is 2. The molecule has 0 bridgehead atoms. The average molecular weight is 479 g/mol. The third-order valence-corrected chi connectivity index (χ3v) is 7.23. The lowest BCUT2D eigenvalue weighted by molar-refractivity contribution is -0.115. The molecule has 0 atom stereocenters. The number of hydrogen-bond donors (Lipinski definition) is 2. The maximum atomic E-state index is 12.8. The maximum absolute atomic E-state index is 12.8. The molecule has 31 heavy (non-hydrogen) atoms. The summed E-state index contributed by atoms with van der Waals surface area (Å²) in [6.45, 7) is 2.35. The Bertz CT molecular complexity index is 1080. The molecule has 1 amide bonds. The number of amides is 1. The molecule has 164 valence electrons. The van der Waals surface area contributed by atoms with Crippen LogP contribution >= 0.6 is 23.8 Å². The lowest BCUT2D eigenvalue weighted by Gasteiger charge is -2.31. The Labute approximate surface area is 192 Å². The number of sulfonamides is 1. The van der Waals surface area contributed by atoms with Crippen molar-refractivity contribution < 1.29 is 13.2 Å². The molecule has 1 fully saturated rings. The van der Waals surface area contributed by atoms with Crippen molar-refractivity contribution >= 4 is 56.6 Å². The minimum absolute atomic E-state index is 0.100. The Morgan fingerprint density at radius 1 is 1.06 bits per heavy atom. The first-order valence-corrected chi connectivity index (χ1v) is 11.8. The van der Waals surface area contributed by atoms with Crippen molar-refractivity contribution in [2.75, 3.05) is 38.5 Å². The van der Waals surface area contributed by atoms with E-state index in [1.165, 1.54) is 22.5 Å². The molecule has 1 aliphatic rings. The van der Waals surface area contributed by atoms with Crippen LogP contribution in [-0.4, -0.2) is 61.9 Å². The summed E-state index contributed by atoms with van der Waals surface area (Å²) in [7, 11) is -1.56. The van der Waals surface area contributed by atoms with Gasteiger partial charge in [-0.15, -0.1) is 0 Å². The van der Waals surface area contributed by atoms with Crippen LogP contribution in [0.25, 0.3) is 6.08 Å². The Morgan fingerprint density at radius 2 is 1.71 bits per heavy atom. The fraction of sp³-hybridized carbons (Fsp3) is 0.238. The van der Waals surface area contributed by atoms with Crippen molar-refractivity contribution in [2.24, 2.45) is 0 Å². The summed E-state index contributed by atoms with van der Waals surface area (Å²) in [6, 6.07) is 13.4. The third-order valence-electron chi connectivity index (χ3n) is 4.77. The molecule has 0 aromatic heterocycles. The van der Waals surface area contributed by atoms with Gasteiger partial charge in [0.15, 0.2) is 5.11 Å². The van der Waals surface area contributed by atoms with Gasteiger partial charge in [-0.3, -0.25) is 10.1 Å². The van der Waals surface area contributed by atoms with E-state index in [2.05, 4.69) is 15.5 Å². The summed E-state index contributed by atoms with van der Waals surface area (Å²) in [4.78, 5) is 14.4. The fourth-order valence-corrected chi connectivity index (χ4v) is 4.82. The molecule has 0 saturated carbocycles. The predicted molar refractivity (Wildman–Crippen MR) is 128 cm³/mol. The van der Waals surface area contributed by atoms with Crippen LogP contribution in [0.2, 0.25) is 5.02 Å².